The first-order chi connectivity index (χ1) is 11.3. The summed E-state index contributed by atoms with van der Waals surface area (Å²) < 4.78 is 22.0. The lowest BCUT2D eigenvalue weighted by Crippen LogP contribution is -2.42. The number of hydrogen-bond donors (Lipinski definition) is 0. The minimum Gasteiger partial charge on any atom is -0.487 e. The van der Waals surface area contributed by atoms with Gasteiger partial charge in [0.1, 0.15) is 19.3 Å². The molecule has 0 N–H and O–H groups in total. The second-order valence-corrected chi connectivity index (χ2v) is 5.80. The van der Waals surface area contributed by atoms with Crippen molar-refractivity contribution in [3.05, 3.63) is 29.3 Å². The summed E-state index contributed by atoms with van der Waals surface area (Å²) in [5.74, 6) is 1.43. The van der Waals surface area contributed by atoms with Crippen molar-refractivity contribution in [2.24, 2.45) is 0 Å². The van der Waals surface area contributed by atoms with Crippen molar-refractivity contribution in [1.29, 1.82) is 0 Å². The number of amides is 1. The number of fused-ring (bicyclic) bond motifs is 1. The Morgan fingerprint density at radius 1 is 1.30 bits per heavy atom. The molecule has 2 fully saturated rings. The van der Waals surface area contributed by atoms with Gasteiger partial charge in [0, 0.05) is 18.7 Å². The number of hydrogen-bond acceptors (Lipinski definition) is 5. The predicted octanol–water partition coefficient (Wildman–Crippen LogP) is 1.10. The zero-order valence-corrected chi connectivity index (χ0v) is 12.8. The summed E-state index contributed by atoms with van der Waals surface area (Å²) in [6, 6.07) is 5.72. The molecule has 6 heteroatoms. The van der Waals surface area contributed by atoms with Crippen LogP contribution in [0.4, 0.5) is 0 Å². The minimum atomic E-state index is 0.0247. The molecular formula is C17H19NO5. The van der Waals surface area contributed by atoms with Crippen molar-refractivity contribution in [2.75, 3.05) is 46.1 Å². The molecule has 0 radical (unpaired) electrons. The van der Waals surface area contributed by atoms with E-state index in [1.54, 1.807) is 0 Å². The first-order valence-electron chi connectivity index (χ1n) is 7.89. The van der Waals surface area contributed by atoms with Crippen LogP contribution < -0.4 is 9.47 Å². The van der Waals surface area contributed by atoms with Crippen molar-refractivity contribution < 1.29 is 23.7 Å². The van der Waals surface area contributed by atoms with Crippen LogP contribution in [0, 0.1) is 0 Å². The van der Waals surface area contributed by atoms with Crippen molar-refractivity contribution in [3.8, 4) is 11.5 Å². The third-order valence-electron chi connectivity index (χ3n) is 4.11. The number of rotatable bonds is 4. The Kier molecular flexibility index (Phi) is 3.93. The van der Waals surface area contributed by atoms with Gasteiger partial charge in [-0.2, -0.15) is 0 Å². The Bertz CT molecular complexity index is 632. The number of benzene rings is 1. The average Bonchev–Trinajstić information content (AvgIpc) is 3.44. The third-order valence-corrected chi connectivity index (χ3v) is 4.11. The fourth-order valence-electron chi connectivity index (χ4n) is 2.73. The SMILES string of the molecule is O=C(C1=Cc2cccc(OC[C@@H]3CO3)c2OC1)N1CCOCC1. The summed E-state index contributed by atoms with van der Waals surface area (Å²) in [5, 5.41) is 0. The summed E-state index contributed by atoms with van der Waals surface area (Å²) in [6.45, 7) is 4.01. The highest BCUT2D eigenvalue weighted by molar-refractivity contribution is 5.99. The maximum atomic E-state index is 12.5. The summed E-state index contributed by atoms with van der Waals surface area (Å²) in [5.41, 5.74) is 1.55. The molecule has 2 saturated heterocycles. The van der Waals surface area contributed by atoms with Crippen LogP contribution in [0.2, 0.25) is 0 Å². The van der Waals surface area contributed by atoms with Gasteiger partial charge in [-0.3, -0.25) is 4.79 Å². The fraction of sp³-hybridized carbons (Fsp3) is 0.471. The van der Waals surface area contributed by atoms with Crippen LogP contribution in [0.5, 0.6) is 11.5 Å². The largest absolute Gasteiger partial charge is 0.487 e. The van der Waals surface area contributed by atoms with E-state index in [9.17, 15) is 4.79 Å². The highest BCUT2D eigenvalue weighted by Crippen LogP contribution is 2.36. The molecule has 122 valence electrons. The Balaban J connectivity index is 1.51. The van der Waals surface area contributed by atoms with Gasteiger partial charge in [-0.15, -0.1) is 0 Å². The van der Waals surface area contributed by atoms with Crippen LogP contribution in [-0.4, -0.2) is 63.0 Å². The van der Waals surface area contributed by atoms with Gasteiger partial charge < -0.3 is 23.8 Å². The molecule has 1 aromatic rings. The van der Waals surface area contributed by atoms with Crippen LogP contribution in [0.1, 0.15) is 5.56 Å². The van der Waals surface area contributed by atoms with Crippen LogP contribution in [0.15, 0.2) is 23.8 Å². The molecule has 1 atom stereocenters. The van der Waals surface area contributed by atoms with Crippen molar-refractivity contribution in [2.45, 2.75) is 6.10 Å². The Morgan fingerprint density at radius 2 is 2.13 bits per heavy atom. The van der Waals surface area contributed by atoms with E-state index in [2.05, 4.69) is 0 Å². The number of para-hydroxylation sites is 1. The number of carbonyl (C=O) groups is 1. The fourth-order valence-corrected chi connectivity index (χ4v) is 2.73. The second-order valence-electron chi connectivity index (χ2n) is 5.80. The average molecular weight is 317 g/mol. The molecule has 1 amide bonds. The Hall–Kier alpha value is -2.05. The molecule has 0 bridgehead atoms. The first-order valence-corrected chi connectivity index (χ1v) is 7.89. The second kappa shape index (κ2) is 6.22. The topological polar surface area (TPSA) is 60.5 Å². The number of carbonyl (C=O) groups excluding carboxylic acids is 1. The van der Waals surface area contributed by atoms with Crippen LogP contribution >= 0.6 is 0 Å². The zero-order valence-electron chi connectivity index (χ0n) is 12.8. The molecule has 4 rings (SSSR count). The van der Waals surface area contributed by atoms with Gasteiger partial charge in [-0.25, -0.2) is 0 Å². The summed E-state index contributed by atoms with van der Waals surface area (Å²) >= 11 is 0. The summed E-state index contributed by atoms with van der Waals surface area (Å²) in [6.07, 6.45) is 2.10. The monoisotopic (exact) mass is 317 g/mol. The molecule has 1 aromatic carbocycles. The van der Waals surface area contributed by atoms with E-state index < -0.39 is 0 Å². The van der Waals surface area contributed by atoms with Gasteiger partial charge in [0.15, 0.2) is 11.5 Å². The van der Waals surface area contributed by atoms with Gasteiger partial charge >= 0.3 is 0 Å². The molecule has 6 nitrogen and oxygen atoms in total. The molecule has 3 aliphatic heterocycles. The minimum absolute atomic E-state index is 0.0247. The lowest BCUT2D eigenvalue weighted by atomic mass is 10.1. The van der Waals surface area contributed by atoms with E-state index in [1.807, 2.05) is 29.2 Å². The first kappa shape index (κ1) is 14.5. The van der Waals surface area contributed by atoms with Crippen LogP contribution in [0.3, 0.4) is 0 Å². The normalized spacial score (nSPS) is 22.7. The number of ether oxygens (including phenoxy) is 4. The van der Waals surface area contributed by atoms with E-state index in [1.165, 1.54) is 0 Å². The molecule has 0 spiro atoms. The summed E-state index contributed by atoms with van der Waals surface area (Å²) in [4.78, 5) is 14.4. The van der Waals surface area contributed by atoms with Gasteiger partial charge in [0.25, 0.3) is 5.91 Å². The Labute approximate surface area is 134 Å². The van der Waals surface area contributed by atoms with Gasteiger partial charge in [0.05, 0.1) is 25.4 Å². The van der Waals surface area contributed by atoms with Gasteiger partial charge in [-0.05, 0) is 12.1 Å². The van der Waals surface area contributed by atoms with E-state index in [0.717, 1.165) is 12.2 Å². The molecule has 0 saturated carbocycles. The van der Waals surface area contributed by atoms with Crippen LogP contribution in [-0.2, 0) is 14.3 Å². The molecule has 3 heterocycles. The van der Waals surface area contributed by atoms with Crippen molar-refractivity contribution >= 4 is 12.0 Å². The number of epoxide rings is 1. The predicted molar refractivity (Wildman–Crippen MR) is 82.5 cm³/mol. The summed E-state index contributed by atoms with van der Waals surface area (Å²) in [7, 11) is 0. The molecule has 3 aliphatic rings. The van der Waals surface area contributed by atoms with E-state index in [0.29, 0.717) is 50.0 Å². The van der Waals surface area contributed by atoms with Crippen LogP contribution in [0.25, 0.3) is 6.08 Å². The van der Waals surface area contributed by atoms with Gasteiger partial charge in [0.2, 0.25) is 0 Å². The standard InChI is InChI=1S/C17H19NO5/c19-17(18-4-6-20-7-5-18)13-8-12-2-1-3-15(16(12)23-9-13)22-11-14-10-21-14/h1-3,8,14H,4-7,9-11H2/t14-/m0/s1. The number of nitrogens with zero attached hydrogens (tertiary/aromatic N) is 1. The Morgan fingerprint density at radius 3 is 2.91 bits per heavy atom. The maximum absolute atomic E-state index is 12.5. The molecule has 23 heavy (non-hydrogen) atoms. The zero-order chi connectivity index (χ0) is 15.6. The van der Waals surface area contributed by atoms with E-state index in [4.69, 9.17) is 18.9 Å². The lowest BCUT2D eigenvalue weighted by molar-refractivity contribution is -0.131. The lowest BCUT2D eigenvalue weighted by Gasteiger charge is -2.29. The van der Waals surface area contributed by atoms with Crippen molar-refractivity contribution in [3.63, 3.8) is 0 Å². The molecule has 0 unspecified atom stereocenters. The van der Waals surface area contributed by atoms with E-state index >= 15 is 0 Å². The van der Waals surface area contributed by atoms with E-state index in [-0.39, 0.29) is 18.6 Å². The third kappa shape index (κ3) is 3.18. The highest BCUT2D eigenvalue weighted by atomic mass is 16.6. The molecule has 0 aliphatic carbocycles. The van der Waals surface area contributed by atoms with Crippen molar-refractivity contribution in [1.82, 2.24) is 4.90 Å². The molecular weight excluding hydrogens is 298 g/mol. The molecule has 0 aromatic heterocycles. The highest BCUT2D eigenvalue weighted by Gasteiger charge is 2.27. The quantitative estimate of drug-likeness (QED) is 0.778. The number of morpholine rings is 1. The smallest absolute Gasteiger partial charge is 0.253 e. The van der Waals surface area contributed by atoms with Gasteiger partial charge in [-0.1, -0.05) is 12.1 Å². The maximum Gasteiger partial charge on any atom is 0.253 e.